The molecule has 3 nitrogen and oxygen atoms in total. The van der Waals surface area contributed by atoms with Crippen molar-refractivity contribution >= 4 is 17.5 Å². The molecule has 0 unspecified atom stereocenters. The number of hydrogen-bond donors (Lipinski definition) is 0. The lowest BCUT2D eigenvalue weighted by atomic mass is 9.99. The second kappa shape index (κ2) is 6.92. The number of amides is 1. The maximum Gasteiger partial charge on any atom is 0.253 e. The van der Waals surface area contributed by atoms with Crippen molar-refractivity contribution in [1.29, 1.82) is 0 Å². The molecule has 0 saturated carbocycles. The average Bonchev–Trinajstić information content (AvgIpc) is 2.43. The van der Waals surface area contributed by atoms with E-state index >= 15 is 0 Å². The molecule has 0 spiro atoms. The minimum absolute atomic E-state index is 0.0381. The highest BCUT2D eigenvalue weighted by molar-refractivity contribution is 6.31. The van der Waals surface area contributed by atoms with Crippen LogP contribution in [0, 0.1) is 11.7 Å². The van der Waals surface area contributed by atoms with E-state index in [0.717, 1.165) is 0 Å². The van der Waals surface area contributed by atoms with E-state index in [1.165, 1.54) is 18.2 Å². The summed E-state index contributed by atoms with van der Waals surface area (Å²) < 4.78 is 26.2. The highest BCUT2D eigenvalue weighted by atomic mass is 35.5. The molecule has 0 bridgehead atoms. The molecule has 22 heavy (non-hydrogen) atoms. The van der Waals surface area contributed by atoms with E-state index in [9.17, 15) is 13.6 Å². The molecule has 1 heterocycles. The van der Waals surface area contributed by atoms with E-state index in [0.29, 0.717) is 25.2 Å². The third-order valence-corrected chi connectivity index (χ3v) is 4.40. The van der Waals surface area contributed by atoms with Crippen molar-refractivity contribution in [2.75, 3.05) is 26.7 Å². The summed E-state index contributed by atoms with van der Waals surface area (Å²) in [6, 6.07) is 3.92. The first-order valence-corrected chi connectivity index (χ1v) is 7.76. The molecular formula is C16H21ClF2N2O. The molecule has 0 N–H and O–H groups in total. The third kappa shape index (κ3) is 3.76. The van der Waals surface area contributed by atoms with Crippen LogP contribution in [0.3, 0.4) is 0 Å². The van der Waals surface area contributed by atoms with Gasteiger partial charge in [-0.1, -0.05) is 25.4 Å². The molecule has 0 radical (unpaired) electrons. The molecule has 1 aromatic rings. The van der Waals surface area contributed by atoms with Crippen LogP contribution in [0.2, 0.25) is 5.02 Å². The zero-order valence-corrected chi connectivity index (χ0v) is 13.8. The molecule has 6 heteroatoms. The summed E-state index contributed by atoms with van der Waals surface area (Å²) in [6.45, 7) is 5.54. The summed E-state index contributed by atoms with van der Waals surface area (Å²) in [4.78, 5) is 16.2. The van der Waals surface area contributed by atoms with Crippen molar-refractivity contribution in [1.82, 2.24) is 9.80 Å². The van der Waals surface area contributed by atoms with Crippen LogP contribution < -0.4 is 0 Å². The Morgan fingerprint density at radius 2 is 2.09 bits per heavy atom. The van der Waals surface area contributed by atoms with Gasteiger partial charge in [0.15, 0.2) is 0 Å². The summed E-state index contributed by atoms with van der Waals surface area (Å²) >= 11 is 5.74. The minimum Gasteiger partial charge on any atom is -0.337 e. The Morgan fingerprint density at radius 3 is 2.59 bits per heavy atom. The van der Waals surface area contributed by atoms with Gasteiger partial charge in [-0.05, 0) is 24.1 Å². The monoisotopic (exact) mass is 330 g/mol. The molecular weight excluding hydrogens is 310 g/mol. The smallest absolute Gasteiger partial charge is 0.253 e. The first kappa shape index (κ1) is 17.2. The van der Waals surface area contributed by atoms with Crippen LogP contribution in [0.5, 0.6) is 0 Å². The van der Waals surface area contributed by atoms with Crippen molar-refractivity contribution < 1.29 is 13.6 Å². The number of halogens is 3. The fourth-order valence-electron chi connectivity index (χ4n) is 2.68. The van der Waals surface area contributed by atoms with Crippen LogP contribution in [0.4, 0.5) is 8.78 Å². The maximum absolute atomic E-state index is 13.2. The van der Waals surface area contributed by atoms with E-state index < -0.39 is 12.0 Å². The Kier molecular flexibility index (Phi) is 5.40. The Hall–Kier alpha value is -1.20. The maximum atomic E-state index is 13.2. The van der Waals surface area contributed by atoms with Gasteiger partial charge in [0.05, 0.1) is 5.02 Å². The summed E-state index contributed by atoms with van der Waals surface area (Å²) in [5, 5.41) is -0.0663. The van der Waals surface area contributed by atoms with Crippen LogP contribution >= 0.6 is 11.6 Å². The number of likely N-dealkylation sites (tertiary alicyclic amines) is 1. The number of alkyl halides is 1. The van der Waals surface area contributed by atoms with E-state index in [-0.39, 0.29) is 22.9 Å². The number of hydrogen-bond acceptors (Lipinski definition) is 2. The Bertz CT molecular complexity index is 547. The molecule has 1 saturated heterocycles. The molecule has 1 fully saturated rings. The number of carbonyl (C=O) groups is 1. The zero-order valence-electron chi connectivity index (χ0n) is 13.0. The van der Waals surface area contributed by atoms with Gasteiger partial charge in [0.1, 0.15) is 12.0 Å². The van der Waals surface area contributed by atoms with Crippen molar-refractivity contribution in [3.63, 3.8) is 0 Å². The molecule has 122 valence electrons. The van der Waals surface area contributed by atoms with Gasteiger partial charge in [0.25, 0.3) is 5.91 Å². The molecule has 1 aliphatic heterocycles. The fraction of sp³-hybridized carbons (Fsp3) is 0.562. The summed E-state index contributed by atoms with van der Waals surface area (Å²) in [7, 11) is 1.72. The lowest BCUT2D eigenvalue weighted by Crippen LogP contribution is -2.55. The topological polar surface area (TPSA) is 23.6 Å². The van der Waals surface area contributed by atoms with Gasteiger partial charge in [0.2, 0.25) is 0 Å². The minimum atomic E-state index is -0.760. The van der Waals surface area contributed by atoms with Gasteiger partial charge >= 0.3 is 0 Å². The molecule has 0 aromatic heterocycles. The number of likely N-dealkylation sites (N-methyl/N-ethyl adjacent to an activating group) is 1. The number of rotatable bonds is 5. The fourth-order valence-corrected chi connectivity index (χ4v) is 2.86. The van der Waals surface area contributed by atoms with Gasteiger partial charge in [-0.25, -0.2) is 8.78 Å². The molecule has 1 aliphatic rings. The van der Waals surface area contributed by atoms with E-state index in [1.807, 2.05) is 18.7 Å². The summed E-state index contributed by atoms with van der Waals surface area (Å²) in [5.41, 5.74) is 0.353. The van der Waals surface area contributed by atoms with Gasteiger partial charge in [0, 0.05) is 38.3 Å². The lowest BCUT2D eigenvalue weighted by molar-refractivity contribution is 0.0277. The van der Waals surface area contributed by atoms with Crippen molar-refractivity contribution in [3.8, 4) is 0 Å². The lowest BCUT2D eigenvalue weighted by Gasteiger charge is -2.41. The molecule has 1 aromatic carbocycles. The molecule has 1 atom stereocenters. The van der Waals surface area contributed by atoms with E-state index in [1.54, 1.807) is 11.9 Å². The summed E-state index contributed by atoms with van der Waals surface area (Å²) in [5.74, 6) is -0.530. The quantitative estimate of drug-likeness (QED) is 0.827. The Labute approximate surface area is 134 Å². The average molecular weight is 331 g/mol. The second-order valence-corrected chi connectivity index (χ2v) is 6.58. The van der Waals surface area contributed by atoms with Crippen LogP contribution in [0.1, 0.15) is 24.2 Å². The normalized spacial score (nSPS) is 17.4. The van der Waals surface area contributed by atoms with Gasteiger partial charge < -0.3 is 4.90 Å². The third-order valence-electron chi connectivity index (χ3n) is 4.11. The predicted molar refractivity (Wildman–Crippen MR) is 83.5 cm³/mol. The highest BCUT2D eigenvalue weighted by Crippen LogP contribution is 2.21. The second-order valence-electron chi connectivity index (χ2n) is 6.17. The Morgan fingerprint density at radius 1 is 1.45 bits per heavy atom. The number of benzene rings is 1. The van der Waals surface area contributed by atoms with Crippen molar-refractivity contribution in [2.24, 2.45) is 5.92 Å². The number of nitrogens with zero attached hydrogens (tertiary/aromatic N) is 2. The van der Waals surface area contributed by atoms with Crippen LogP contribution in [-0.4, -0.2) is 54.6 Å². The zero-order chi connectivity index (χ0) is 16.4. The first-order valence-electron chi connectivity index (χ1n) is 7.38. The SMILES string of the molecule is CC(C)[C@@H](CN1CC(F)C1)N(C)C(=O)c1ccc(F)c(Cl)c1. The highest BCUT2D eigenvalue weighted by Gasteiger charge is 2.32. The molecule has 1 amide bonds. The van der Waals surface area contributed by atoms with Gasteiger partial charge in [-0.3, -0.25) is 9.69 Å². The van der Waals surface area contributed by atoms with Crippen molar-refractivity contribution in [3.05, 3.63) is 34.6 Å². The largest absolute Gasteiger partial charge is 0.337 e. The standard InChI is InChI=1S/C16H21ClF2N2O/c1-10(2)15(9-21-7-12(18)8-21)20(3)16(22)11-4-5-14(19)13(17)6-11/h4-6,10,12,15H,7-9H2,1-3H3/t15-/m1/s1. The van der Waals surface area contributed by atoms with Crippen LogP contribution in [0.25, 0.3) is 0 Å². The van der Waals surface area contributed by atoms with Gasteiger partial charge in [-0.15, -0.1) is 0 Å². The predicted octanol–water partition coefficient (Wildman–Crippen LogP) is 3.23. The van der Waals surface area contributed by atoms with Crippen LogP contribution in [-0.2, 0) is 0 Å². The first-order chi connectivity index (χ1) is 10.3. The summed E-state index contributed by atoms with van der Waals surface area (Å²) in [6.07, 6.45) is -0.760. The van der Waals surface area contributed by atoms with Crippen LogP contribution in [0.15, 0.2) is 18.2 Å². The number of carbonyl (C=O) groups excluding carboxylic acids is 1. The van der Waals surface area contributed by atoms with Crippen molar-refractivity contribution in [2.45, 2.75) is 26.1 Å². The Balaban J connectivity index is 2.09. The molecule has 0 aliphatic carbocycles. The van der Waals surface area contributed by atoms with E-state index in [2.05, 4.69) is 0 Å². The molecule has 2 rings (SSSR count). The van der Waals surface area contributed by atoms with E-state index in [4.69, 9.17) is 11.6 Å². The van der Waals surface area contributed by atoms with Gasteiger partial charge in [-0.2, -0.15) is 0 Å².